The molecule has 0 spiro atoms. The topological polar surface area (TPSA) is 157 Å². The molecule has 0 aliphatic rings. The molecule has 0 saturated carbocycles. The quantitative estimate of drug-likeness (QED) is 0.158. The summed E-state index contributed by atoms with van der Waals surface area (Å²) < 4.78 is 0. The number of H-pyrrole nitrogens is 2. The van der Waals surface area contributed by atoms with E-state index in [0.29, 0.717) is 28.8 Å². The number of rotatable bonds is 5. The zero-order valence-electron chi connectivity index (χ0n) is 19.5. The maximum absolute atomic E-state index is 8.02. The highest BCUT2D eigenvalue weighted by molar-refractivity contribution is 6.30. The van der Waals surface area contributed by atoms with Gasteiger partial charge in [0.15, 0.2) is 5.69 Å². The fourth-order valence-electron chi connectivity index (χ4n) is 2.55. The lowest BCUT2D eigenvalue weighted by Gasteiger charge is -1.97. The molecule has 0 bridgehead atoms. The summed E-state index contributed by atoms with van der Waals surface area (Å²) in [5.74, 6) is 1.22. The Morgan fingerprint density at radius 1 is 1.00 bits per heavy atom. The van der Waals surface area contributed by atoms with Crippen LogP contribution in [0, 0.1) is 18.3 Å². The van der Waals surface area contributed by atoms with Crippen LogP contribution in [0.1, 0.15) is 32.7 Å². The molecule has 4 aromatic rings. The van der Waals surface area contributed by atoms with Crippen molar-refractivity contribution in [3.05, 3.63) is 70.0 Å². The SMILES string of the molecule is C.CCN/N=C(\N)C#N.CCc1ccc(Cl)cc1.Cc1nc(-c2n[nH]nc2-c2ccc(Cl)cc2)n[nH]1. The monoisotopic (exact) mass is 528 g/mol. The average molecular weight is 529 g/mol. The smallest absolute Gasteiger partial charge is 0.221 e. The van der Waals surface area contributed by atoms with Gasteiger partial charge in [-0.2, -0.15) is 30.9 Å². The molecular weight excluding hydrogens is 499 g/mol. The number of nitrogens with two attached hydrogens (primary N) is 1. The number of nitrogens with zero attached hydrogens (tertiary/aromatic N) is 6. The van der Waals surface area contributed by atoms with E-state index in [2.05, 4.69) is 48.0 Å². The number of halogens is 2. The lowest BCUT2D eigenvalue weighted by Crippen LogP contribution is -2.15. The van der Waals surface area contributed by atoms with E-state index in [1.165, 1.54) is 5.56 Å². The van der Waals surface area contributed by atoms with Gasteiger partial charge >= 0.3 is 0 Å². The Bertz CT molecular complexity index is 1240. The van der Waals surface area contributed by atoms with Crippen LogP contribution in [0.15, 0.2) is 53.6 Å². The summed E-state index contributed by atoms with van der Waals surface area (Å²) in [5, 5.41) is 30.6. The molecule has 0 atom stereocenters. The molecule has 12 heteroatoms. The number of nitriles is 1. The molecule has 2 aromatic carbocycles. The lowest BCUT2D eigenvalue weighted by atomic mass is 10.1. The first kappa shape index (κ1) is 30.1. The van der Waals surface area contributed by atoms with Gasteiger partial charge in [0, 0.05) is 22.2 Å². The standard InChI is InChI=1S/C11H9ClN6.C8H9Cl.C4H8N4.CH4/c1-6-13-11(17-14-6)10-9(15-18-16-10)7-2-4-8(12)5-3-7;1-2-7-3-5-8(9)6-4-7;1-2-7-8-4(6)3-5;/h2-5H,1H3,(H,13,14,17)(H,15,16,18);3-6H,2H2,1H3;7H,2H2,1H3,(H2,6,8);1H4. The van der Waals surface area contributed by atoms with Crippen molar-refractivity contribution in [1.82, 2.24) is 36.0 Å². The van der Waals surface area contributed by atoms with E-state index in [-0.39, 0.29) is 13.3 Å². The molecule has 2 aromatic heterocycles. The largest absolute Gasteiger partial charge is 0.374 e. The second-order valence-corrected chi connectivity index (χ2v) is 7.75. The van der Waals surface area contributed by atoms with Gasteiger partial charge < -0.3 is 11.2 Å². The zero-order chi connectivity index (χ0) is 25.6. The predicted octanol–water partition coefficient (Wildman–Crippen LogP) is 5.15. The average Bonchev–Trinajstić information content (AvgIpc) is 3.53. The Labute approximate surface area is 220 Å². The fourth-order valence-corrected chi connectivity index (χ4v) is 2.81. The third-order valence-electron chi connectivity index (χ3n) is 4.27. The number of aryl methyl sites for hydroxylation is 2. The maximum atomic E-state index is 8.02. The Hall–Kier alpha value is -3.94. The number of hydrogen-bond acceptors (Lipinski definition) is 7. The van der Waals surface area contributed by atoms with Crippen molar-refractivity contribution in [3.63, 3.8) is 0 Å². The molecule has 0 saturated heterocycles. The van der Waals surface area contributed by atoms with Crippen LogP contribution in [0.25, 0.3) is 22.8 Å². The van der Waals surface area contributed by atoms with Crippen LogP contribution >= 0.6 is 23.2 Å². The van der Waals surface area contributed by atoms with Gasteiger partial charge in [0.1, 0.15) is 17.6 Å². The van der Waals surface area contributed by atoms with Crippen LogP contribution in [-0.2, 0) is 6.42 Å². The molecule has 0 radical (unpaired) electrons. The van der Waals surface area contributed by atoms with E-state index < -0.39 is 0 Å². The van der Waals surface area contributed by atoms with Crippen LogP contribution in [0.5, 0.6) is 0 Å². The van der Waals surface area contributed by atoms with Crippen molar-refractivity contribution in [1.29, 1.82) is 5.26 Å². The highest BCUT2D eigenvalue weighted by Gasteiger charge is 2.15. The maximum Gasteiger partial charge on any atom is 0.221 e. The summed E-state index contributed by atoms with van der Waals surface area (Å²) in [6.07, 6.45) is 1.08. The number of aromatic amines is 2. The Balaban J connectivity index is 0.000000305. The van der Waals surface area contributed by atoms with Gasteiger partial charge in [-0.3, -0.25) is 5.10 Å². The van der Waals surface area contributed by atoms with Gasteiger partial charge in [-0.15, -0.1) is 0 Å². The third kappa shape index (κ3) is 9.74. The molecule has 2 heterocycles. The van der Waals surface area contributed by atoms with Crippen LogP contribution < -0.4 is 11.2 Å². The number of hydrogen-bond donors (Lipinski definition) is 4. The molecule has 0 amide bonds. The number of nitrogens with one attached hydrogen (secondary N) is 3. The van der Waals surface area contributed by atoms with Crippen molar-refractivity contribution >= 4 is 29.0 Å². The van der Waals surface area contributed by atoms with Crippen molar-refractivity contribution in [3.8, 4) is 28.8 Å². The first-order chi connectivity index (χ1) is 16.9. The van der Waals surface area contributed by atoms with Gasteiger partial charge in [0.25, 0.3) is 0 Å². The summed E-state index contributed by atoms with van der Waals surface area (Å²) in [4.78, 5) is 4.24. The molecule has 0 aliphatic heterocycles. The van der Waals surface area contributed by atoms with E-state index in [1.54, 1.807) is 18.2 Å². The summed E-state index contributed by atoms with van der Waals surface area (Å²) >= 11 is 11.5. The normalized spacial score (nSPS) is 10.1. The van der Waals surface area contributed by atoms with Gasteiger partial charge in [-0.25, -0.2) is 4.98 Å². The van der Waals surface area contributed by atoms with E-state index in [0.717, 1.165) is 22.8 Å². The minimum atomic E-state index is -0.0353. The number of benzene rings is 2. The summed E-state index contributed by atoms with van der Waals surface area (Å²) in [6, 6.07) is 17.0. The Morgan fingerprint density at radius 2 is 1.58 bits per heavy atom. The second kappa shape index (κ2) is 15.9. The first-order valence-corrected chi connectivity index (χ1v) is 11.4. The molecule has 36 heavy (non-hydrogen) atoms. The van der Waals surface area contributed by atoms with Crippen molar-refractivity contribution in [2.75, 3.05) is 6.54 Å². The molecule has 0 aliphatic carbocycles. The highest BCUT2D eigenvalue weighted by atomic mass is 35.5. The van der Waals surface area contributed by atoms with Crippen LogP contribution in [0.3, 0.4) is 0 Å². The molecule has 0 unspecified atom stereocenters. The fraction of sp³-hybridized carbons (Fsp3) is 0.250. The molecule has 0 fully saturated rings. The molecule has 5 N–H and O–H groups in total. The molecule has 190 valence electrons. The second-order valence-electron chi connectivity index (χ2n) is 6.87. The molecule has 4 rings (SSSR count). The van der Waals surface area contributed by atoms with Gasteiger partial charge in [-0.1, -0.05) is 61.8 Å². The first-order valence-electron chi connectivity index (χ1n) is 10.6. The van der Waals surface area contributed by atoms with Gasteiger partial charge in [-0.05, 0) is 50.1 Å². The Morgan fingerprint density at radius 3 is 2.08 bits per heavy atom. The van der Waals surface area contributed by atoms with Crippen molar-refractivity contribution in [2.24, 2.45) is 10.8 Å². The van der Waals surface area contributed by atoms with Crippen LogP contribution in [-0.4, -0.2) is 43.0 Å². The molecular formula is C24H30Cl2N10. The number of hydrazone groups is 1. The predicted molar refractivity (Wildman–Crippen MR) is 145 cm³/mol. The summed E-state index contributed by atoms with van der Waals surface area (Å²) in [6.45, 7) is 6.51. The van der Waals surface area contributed by atoms with Gasteiger partial charge in [0.2, 0.25) is 11.7 Å². The van der Waals surface area contributed by atoms with E-state index in [1.807, 2.05) is 50.2 Å². The highest BCUT2D eigenvalue weighted by Crippen LogP contribution is 2.26. The van der Waals surface area contributed by atoms with Crippen LogP contribution in [0.2, 0.25) is 10.0 Å². The minimum Gasteiger partial charge on any atom is -0.374 e. The molecule has 10 nitrogen and oxygen atoms in total. The third-order valence-corrected chi connectivity index (χ3v) is 4.77. The zero-order valence-corrected chi connectivity index (χ0v) is 21.1. The van der Waals surface area contributed by atoms with E-state index in [4.69, 9.17) is 34.2 Å². The minimum absolute atomic E-state index is 0. The lowest BCUT2D eigenvalue weighted by molar-refractivity contribution is 0.783. The van der Waals surface area contributed by atoms with Crippen LogP contribution in [0.4, 0.5) is 0 Å². The summed E-state index contributed by atoms with van der Waals surface area (Å²) in [7, 11) is 0. The van der Waals surface area contributed by atoms with Crippen molar-refractivity contribution < 1.29 is 0 Å². The number of aromatic nitrogens is 6. The van der Waals surface area contributed by atoms with E-state index >= 15 is 0 Å². The van der Waals surface area contributed by atoms with E-state index in [9.17, 15) is 0 Å². The van der Waals surface area contributed by atoms with Gasteiger partial charge in [0.05, 0.1) is 0 Å². The number of amidine groups is 1. The summed E-state index contributed by atoms with van der Waals surface area (Å²) in [5.41, 5.74) is 11.1. The van der Waals surface area contributed by atoms with Crippen molar-refractivity contribution in [2.45, 2.75) is 34.6 Å². The Kier molecular flexibility index (Phi) is 13.3.